The molecular formula is C16H16FNO2. The summed E-state index contributed by atoms with van der Waals surface area (Å²) in [5.41, 5.74) is 1.68. The average molecular weight is 273 g/mol. The summed E-state index contributed by atoms with van der Waals surface area (Å²) in [6.07, 6.45) is 0. The minimum Gasteiger partial charge on any atom is -0.478 e. The first-order chi connectivity index (χ1) is 9.50. The minimum atomic E-state index is -0.957. The fourth-order valence-corrected chi connectivity index (χ4v) is 2.09. The van der Waals surface area contributed by atoms with Gasteiger partial charge in [0.15, 0.2) is 0 Å². The van der Waals surface area contributed by atoms with E-state index < -0.39 is 5.97 Å². The van der Waals surface area contributed by atoms with Gasteiger partial charge in [0.05, 0.1) is 11.6 Å². The number of benzene rings is 2. The van der Waals surface area contributed by atoms with E-state index in [1.54, 1.807) is 42.5 Å². The summed E-state index contributed by atoms with van der Waals surface area (Å²) in [5.74, 6) is -1.20. The van der Waals surface area contributed by atoms with Crippen molar-refractivity contribution in [1.82, 2.24) is 0 Å². The Morgan fingerprint density at radius 2 is 1.75 bits per heavy atom. The quantitative estimate of drug-likeness (QED) is 0.923. The van der Waals surface area contributed by atoms with Gasteiger partial charge in [0.25, 0.3) is 0 Å². The molecule has 0 aliphatic rings. The van der Waals surface area contributed by atoms with E-state index in [4.69, 9.17) is 5.11 Å². The molecule has 0 heterocycles. The summed E-state index contributed by atoms with van der Waals surface area (Å²) >= 11 is 0. The molecule has 0 aromatic heterocycles. The van der Waals surface area contributed by atoms with Gasteiger partial charge in [-0.05, 0) is 37.3 Å². The number of aromatic carboxylic acids is 1. The lowest BCUT2D eigenvalue weighted by Crippen LogP contribution is -2.22. The van der Waals surface area contributed by atoms with Crippen molar-refractivity contribution in [2.75, 3.05) is 11.9 Å². The predicted molar refractivity (Wildman–Crippen MR) is 76.6 cm³/mol. The zero-order valence-electron chi connectivity index (χ0n) is 11.4. The lowest BCUT2D eigenvalue weighted by Gasteiger charge is -2.27. The highest BCUT2D eigenvalue weighted by Crippen LogP contribution is 2.27. The first-order valence-corrected chi connectivity index (χ1v) is 6.31. The lowest BCUT2D eigenvalue weighted by atomic mass is 10.1. The molecule has 20 heavy (non-hydrogen) atoms. The van der Waals surface area contributed by atoms with Crippen LogP contribution in [0.15, 0.2) is 48.5 Å². The fraction of sp³-hybridized carbons (Fsp3) is 0.188. The normalized spacial score (nSPS) is 11.9. The Bertz CT molecular complexity index is 610. The molecule has 0 fully saturated rings. The van der Waals surface area contributed by atoms with Crippen molar-refractivity contribution in [3.8, 4) is 0 Å². The molecule has 4 heteroatoms. The molecule has 104 valence electrons. The molecule has 0 aliphatic carbocycles. The maximum absolute atomic E-state index is 13.8. The number of halogens is 1. The van der Waals surface area contributed by atoms with E-state index in [0.717, 1.165) is 5.69 Å². The van der Waals surface area contributed by atoms with Crippen LogP contribution in [0.2, 0.25) is 0 Å². The molecular weight excluding hydrogens is 257 g/mol. The molecule has 2 aromatic carbocycles. The number of hydrogen-bond acceptors (Lipinski definition) is 2. The molecule has 0 amide bonds. The Balaban J connectivity index is 2.24. The molecule has 0 saturated heterocycles. The van der Waals surface area contributed by atoms with E-state index in [9.17, 15) is 9.18 Å². The van der Waals surface area contributed by atoms with Gasteiger partial charge >= 0.3 is 5.97 Å². The minimum absolute atomic E-state index is 0.146. The second kappa shape index (κ2) is 5.74. The number of carboxylic acids is 1. The van der Waals surface area contributed by atoms with Gasteiger partial charge in [-0.1, -0.05) is 18.2 Å². The van der Waals surface area contributed by atoms with Gasteiger partial charge in [0.1, 0.15) is 5.82 Å². The SMILES string of the molecule is CC(c1ccccc1F)N(C)c1ccc(C(=O)O)cc1. The van der Waals surface area contributed by atoms with Crippen molar-refractivity contribution in [1.29, 1.82) is 0 Å². The maximum atomic E-state index is 13.8. The second-order valence-corrected chi connectivity index (χ2v) is 4.66. The molecule has 2 rings (SSSR count). The third-order valence-corrected chi connectivity index (χ3v) is 3.46. The van der Waals surface area contributed by atoms with Crippen LogP contribution in [-0.4, -0.2) is 18.1 Å². The van der Waals surface area contributed by atoms with E-state index in [1.165, 1.54) is 6.07 Å². The van der Waals surface area contributed by atoms with Gasteiger partial charge in [-0.25, -0.2) is 9.18 Å². The molecule has 0 bridgehead atoms. The van der Waals surface area contributed by atoms with Crippen LogP contribution in [0.1, 0.15) is 28.9 Å². The van der Waals surface area contributed by atoms with Gasteiger partial charge < -0.3 is 10.0 Å². The lowest BCUT2D eigenvalue weighted by molar-refractivity contribution is 0.0697. The van der Waals surface area contributed by atoms with Crippen LogP contribution in [0.3, 0.4) is 0 Å². The molecule has 1 unspecified atom stereocenters. The highest BCUT2D eigenvalue weighted by Gasteiger charge is 2.16. The zero-order chi connectivity index (χ0) is 14.7. The van der Waals surface area contributed by atoms with Crippen molar-refractivity contribution in [2.24, 2.45) is 0 Å². The number of anilines is 1. The predicted octanol–water partition coefficient (Wildman–Crippen LogP) is 3.72. The zero-order valence-corrected chi connectivity index (χ0v) is 11.4. The van der Waals surface area contributed by atoms with Crippen LogP contribution >= 0.6 is 0 Å². The van der Waals surface area contributed by atoms with E-state index in [0.29, 0.717) is 5.56 Å². The van der Waals surface area contributed by atoms with Gasteiger partial charge in [-0.15, -0.1) is 0 Å². The Morgan fingerprint density at radius 1 is 1.15 bits per heavy atom. The van der Waals surface area contributed by atoms with Crippen LogP contribution in [0.5, 0.6) is 0 Å². The Hall–Kier alpha value is -2.36. The molecule has 3 nitrogen and oxygen atoms in total. The van der Waals surface area contributed by atoms with Crippen LogP contribution in [0.25, 0.3) is 0 Å². The third-order valence-electron chi connectivity index (χ3n) is 3.46. The molecule has 0 spiro atoms. The maximum Gasteiger partial charge on any atom is 0.335 e. The molecule has 0 radical (unpaired) electrons. The van der Waals surface area contributed by atoms with E-state index in [-0.39, 0.29) is 17.4 Å². The third kappa shape index (κ3) is 2.79. The number of carboxylic acid groups (broad SMARTS) is 1. The van der Waals surface area contributed by atoms with Crippen LogP contribution in [0.4, 0.5) is 10.1 Å². The van der Waals surface area contributed by atoms with Gasteiger partial charge in [-0.3, -0.25) is 0 Å². The summed E-state index contributed by atoms with van der Waals surface area (Å²) in [6, 6.07) is 13.0. The Labute approximate surface area is 117 Å². The van der Waals surface area contributed by atoms with Gasteiger partial charge in [0, 0.05) is 18.3 Å². The Kier molecular flexibility index (Phi) is 4.03. The standard InChI is InChI=1S/C16H16FNO2/c1-11(14-5-3-4-6-15(14)17)18(2)13-9-7-12(8-10-13)16(19)20/h3-11H,1-2H3,(H,19,20). The molecule has 1 N–H and O–H groups in total. The topological polar surface area (TPSA) is 40.5 Å². The van der Waals surface area contributed by atoms with Crippen LogP contribution in [0, 0.1) is 5.82 Å². The summed E-state index contributed by atoms with van der Waals surface area (Å²) in [5, 5.41) is 8.87. The van der Waals surface area contributed by atoms with E-state index in [2.05, 4.69) is 0 Å². The summed E-state index contributed by atoms with van der Waals surface area (Å²) in [7, 11) is 1.85. The first-order valence-electron chi connectivity index (χ1n) is 6.31. The van der Waals surface area contributed by atoms with Gasteiger partial charge in [0.2, 0.25) is 0 Å². The van der Waals surface area contributed by atoms with Crippen molar-refractivity contribution < 1.29 is 14.3 Å². The summed E-state index contributed by atoms with van der Waals surface area (Å²) in [4.78, 5) is 12.7. The van der Waals surface area contributed by atoms with Crippen molar-refractivity contribution in [3.05, 3.63) is 65.5 Å². The molecule has 1 atom stereocenters. The summed E-state index contributed by atoms with van der Waals surface area (Å²) in [6.45, 7) is 1.91. The van der Waals surface area contributed by atoms with E-state index >= 15 is 0 Å². The fourth-order valence-electron chi connectivity index (χ4n) is 2.09. The molecule has 2 aromatic rings. The molecule has 0 saturated carbocycles. The Morgan fingerprint density at radius 3 is 2.30 bits per heavy atom. The molecule has 0 aliphatic heterocycles. The number of nitrogens with zero attached hydrogens (tertiary/aromatic N) is 1. The van der Waals surface area contributed by atoms with Crippen molar-refractivity contribution in [3.63, 3.8) is 0 Å². The second-order valence-electron chi connectivity index (χ2n) is 4.66. The highest BCUT2D eigenvalue weighted by molar-refractivity contribution is 5.88. The van der Waals surface area contributed by atoms with Crippen LogP contribution in [-0.2, 0) is 0 Å². The number of rotatable bonds is 4. The van der Waals surface area contributed by atoms with Crippen LogP contribution < -0.4 is 4.90 Å². The average Bonchev–Trinajstić information content (AvgIpc) is 2.46. The largest absolute Gasteiger partial charge is 0.478 e. The van der Waals surface area contributed by atoms with Crippen molar-refractivity contribution in [2.45, 2.75) is 13.0 Å². The van der Waals surface area contributed by atoms with Crippen molar-refractivity contribution >= 4 is 11.7 Å². The number of hydrogen-bond donors (Lipinski definition) is 1. The summed E-state index contributed by atoms with van der Waals surface area (Å²) < 4.78 is 13.8. The van der Waals surface area contributed by atoms with E-state index in [1.807, 2.05) is 18.9 Å². The highest BCUT2D eigenvalue weighted by atomic mass is 19.1. The monoisotopic (exact) mass is 273 g/mol. The number of carbonyl (C=O) groups is 1. The van der Waals surface area contributed by atoms with Gasteiger partial charge in [-0.2, -0.15) is 0 Å². The first kappa shape index (κ1) is 14.1. The smallest absolute Gasteiger partial charge is 0.335 e.